The summed E-state index contributed by atoms with van der Waals surface area (Å²) < 4.78 is 50.3. The number of benzene rings is 2. The number of rotatable bonds is 7. The number of pyridine rings is 1. The van der Waals surface area contributed by atoms with Gasteiger partial charge in [-0.05, 0) is 69.3 Å². The third-order valence-corrected chi connectivity index (χ3v) is 7.79. The van der Waals surface area contributed by atoms with Gasteiger partial charge >= 0.3 is 6.09 Å². The molecular formula is C30H32ClFN4O7S. The molecule has 234 valence electrons. The van der Waals surface area contributed by atoms with Crippen LogP contribution >= 0.6 is 11.6 Å². The summed E-state index contributed by atoms with van der Waals surface area (Å²) in [5, 5.41) is 5.48. The molecule has 11 nitrogen and oxygen atoms in total. The number of halogens is 2. The number of ether oxygens (including phenoxy) is 2. The van der Waals surface area contributed by atoms with E-state index in [4.69, 9.17) is 21.1 Å². The van der Waals surface area contributed by atoms with Crippen LogP contribution in [0.1, 0.15) is 54.3 Å². The summed E-state index contributed by atoms with van der Waals surface area (Å²) >= 11 is 5.84. The lowest BCUT2D eigenvalue weighted by Crippen LogP contribution is -2.44. The zero-order valence-corrected chi connectivity index (χ0v) is 26.1. The van der Waals surface area contributed by atoms with E-state index in [0.29, 0.717) is 31.0 Å². The lowest BCUT2D eigenvalue weighted by atomic mass is 10.1. The van der Waals surface area contributed by atoms with Crippen LogP contribution in [0.4, 0.5) is 20.7 Å². The van der Waals surface area contributed by atoms with Gasteiger partial charge in [-0.1, -0.05) is 11.6 Å². The smallest absolute Gasteiger partial charge is 0.410 e. The zero-order valence-electron chi connectivity index (χ0n) is 24.5. The van der Waals surface area contributed by atoms with Gasteiger partial charge in [0.2, 0.25) is 0 Å². The Balaban J connectivity index is 1.55. The maximum absolute atomic E-state index is 14.2. The summed E-state index contributed by atoms with van der Waals surface area (Å²) in [4.78, 5) is 44.4. The number of amides is 3. The van der Waals surface area contributed by atoms with Crippen molar-refractivity contribution in [1.82, 2.24) is 9.88 Å². The van der Waals surface area contributed by atoms with Gasteiger partial charge in [0.15, 0.2) is 9.84 Å². The van der Waals surface area contributed by atoms with Gasteiger partial charge in [0.05, 0.1) is 26.7 Å². The Bertz CT molecular complexity index is 1670. The Kier molecular flexibility index (Phi) is 9.79. The second-order valence-electron chi connectivity index (χ2n) is 11.2. The lowest BCUT2D eigenvalue weighted by molar-refractivity contribution is 0.0126. The van der Waals surface area contributed by atoms with E-state index in [1.807, 2.05) is 0 Å². The van der Waals surface area contributed by atoms with Crippen molar-refractivity contribution in [2.45, 2.75) is 50.2 Å². The summed E-state index contributed by atoms with van der Waals surface area (Å²) in [5.41, 5.74) is -0.843. The normalized spacial score (nSPS) is 14.1. The fourth-order valence-electron chi connectivity index (χ4n) is 4.32. The van der Waals surface area contributed by atoms with Crippen LogP contribution < -0.4 is 15.4 Å². The van der Waals surface area contributed by atoms with Gasteiger partial charge in [0, 0.05) is 38.4 Å². The van der Waals surface area contributed by atoms with Crippen molar-refractivity contribution in [3.63, 3.8) is 0 Å². The molecule has 1 aromatic heterocycles. The number of aromatic nitrogens is 1. The zero-order chi connectivity index (χ0) is 32.2. The van der Waals surface area contributed by atoms with E-state index in [-0.39, 0.29) is 33.3 Å². The minimum absolute atomic E-state index is 0.000351. The maximum Gasteiger partial charge on any atom is 0.410 e. The minimum Gasteiger partial charge on any atom is -0.489 e. The lowest BCUT2D eigenvalue weighted by Gasteiger charge is -2.33. The predicted octanol–water partition coefficient (Wildman–Crippen LogP) is 5.56. The van der Waals surface area contributed by atoms with Gasteiger partial charge in [-0.3, -0.25) is 9.59 Å². The van der Waals surface area contributed by atoms with Gasteiger partial charge in [-0.25, -0.2) is 22.6 Å². The number of hydrogen-bond acceptors (Lipinski definition) is 8. The molecular weight excluding hydrogens is 615 g/mol. The molecule has 0 bridgehead atoms. The third kappa shape index (κ3) is 8.66. The van der Waals surface area contributed by atoms with E-state index in [0.717, 1.165) is 18.4 Å². The molecule has 2 aromatic carbocycles. The molecule has 1 saturated heterocycles. The van der Waals surface area contributed by atoms with Gasteiger partial charge in [0.25, 0.3) is 11.8 Å². The molecule has 0 radical (unpaired) electrons. The summed E-state index contributed by atoms with van der Waals surface area (Å²) in [7, 11) is -3.65. The van der Waals surface area contributed by atoms with Crippen LogP contribution in [0.15, 0.2) is 59.6 Å². The highest BCUT2D eigenvalue weighted by atomic mass is 35.5. The summed E-state index contributed by atoms with van der Waals surface area (Å²) in [6.07, 6.45) is 2.29. The van der Waals surface area contributed by atoms with Crippen molar-refractivity contribution in [2.24, 2.45) is 0 Å². The molecule has 0 spiro atoms. The van der Waals surface area contributed by atoms with Gasteiger partial charge in [0.1, 0.15) is 29.1 Å². The molecule has 44 heavy (non-hydrogen) atoms. The largest absolute Gasteiger partial charge is 0.489 e. The Hall–Kier alpha value is -4.23. The van der Waals surface area contributed by atoms with Crippen LogP contribution in [0.2, 0.25) is 5.02 Å². The van der Waals surface area contributed by atoms with Crippen LogP contribution in [-0.4, -0.2) is 67.3 Å². The van der Waals surface area contributed by atoms with Crippen LogP contribution in [0.25, 0.3) is 0 Å². The highest BCUT2D eigenvalue weighted by Gasteiger charge is 2.29. The van der Waals surface area contributed by atoms with E-state index >= 15 is 0 Å². The molecule has 0 atom stereocenters. The minimum atomic E-state index is -3.65. The number of anilines is 2. The standard InChI is InChI=1S/C30H32ClFN4O7S/c1-30(2,3)43-29(39)36-13-11-20(12-14-36)42-25-16-21(44(4,40)41)7-8-22(25)27(37)34-24-9-6-19(32)15-23(24)28(38)35-26-10-5-18(31)17-33-26/h5-10,15-17,20H,11-14H2,1-4H3,(H,34,37)(H,33,35,38). The second-order valence-corrected chi connectivity index (χ2v) is 13.6. The van der Waals surface area contributed by atoms with Crippen molar-refractivity contribution in [3.8, 4) is 5.75 Å². The van der Waals surface area contributed by atoms with Crippen molar-refractivity contribution >= 4 is 50.9 Å². The van der Waals surface area contributed by atoms with E-state index in [1.165, 1.54) is 42.6 Å². The van der Waals surface area contributed by atoms with E-state index in [1.54, 1.807) is 25.7 Å². The number of hydrogen-bond donors (Lipinski definition) is 2. The van der Waals surface area contributed by atoms with E-state index < -0.39 is 45.3 Å². The number of carbonyl (C=O) groups is 3. The molecule has 4 rings (SSSR count). The summed E-state index contributed by atoms with van der Waals surface area (Å²) in [5.74, 6) is -2.02. The van der Waals surface area contributed by atoms with Gasteiger partial charge < -0.3 is 25.0 Å². The monoisotopic (exact) mass is 646 g/mol. The quantitative estimate of drug-likeness (QED) is 0.340. The average molecular weight is 647 g/mol. The van der Waals surface area contributed by atoms with Crippen molar-refractivity contribution in [2.75, 3.05) is 30.0 Å². The number of carbonyl (C=O) groups excluding carboxylic acids is 3. The fraction of sp³-hybridized carbons (Fsp3) is 0.333. The first-order valence-electron chi connectivity index (χ1n) is 13.6. The molecule has 1 aliphatic heterocycles. The molecule has 0 aliphatic carbocycles. The second kappa shape index (κ2) is 13.2. The van der Waals surface area contributed by atoms with Crippen LogP contribution in [0, 0.1) is 5.82 Å². The Morgan fingerprint density at radius 2 is 1.66 bits per heavy atom. The highest BCUT2D eigenvalue weighted by Crippen LogP contribution is 2.29. The molecule has 0 saturated carbocycles. The molecule has 0 unspecified atom stereocenters. The SMILES string of the molecule is CC(C)(C)OC(=O)N1CCC(Oc2cc(S(C)(=O)=O)ccc2C(=O)Nc2ccc(F)cc2C(=O)Nc2ccc(Cl)cn2)CC1. The summed E-state index contributed by atoms with van der Waals surface area (Å²) in [6.45, 7) is 6.01. The van der Waals surface area contributed by atoms with Crippen molar-refractivity contribution in [1.29, 1.82) is 0 Å². The average Bonchev–Trinajstić information content (AvgIpc) is 2.94. The van der Waals surface area contributed by atoms with Crippen molar-refractivity contribution in [3.05, 3.63) is 76.7 Å². The molecule has 3 amide bonds. The maximum atomic E-state index is 14.2. The van der Waals surface area contributed by atoms with Crippen LogP contribution in [0.3, 0.4) is 0 Å². The molecule has 2 N–H and O–H groups in total. The predicted molar refractivity (Wildman–Crippen MR) is 163 cm³/mol. The molecule has 1 fully saturated rings. The molecule has 14 heteroatoms. The number of nitrogens with one attached hydrogen (secondary N) is 2. The molecule has 1 aliphatic rings. The molecule has 2 heterocycles. The topological polar surface area (TPSA) is 144 Å². The fourth-order valence-corrected chi connectivity index (χ4v) is 5.07. The highest BCUT2D eigenvalue weighted by molar-refractivity contribution is 7.90. The number of likely N-dealkylation sites (tertiary alicyclic amines) is 1. The first kappa shape index (κ1) is 32.7. The Labute approximate surface area is 259 Å². The number of sulfone groups is 1. The van der Waals surface area contributed by atoms with Crippen molar-refractivity contribution < 1.29 is 36.7 Å². The van der Waals surface area contributed by atoms with E-state index in [2.05, 4.69) is 15.6 Å². The first-order chi connectivity index (χ1) is 20.6. The van der Waals surface area contributed by atoms with Gasteiger partial charge in [-0.15, -0.1) is 0 Å². The first-order valence-corrected chi connectivity index (χ1v) is 15.9. The van der Waals surface area contributed by atoms with Crippen LogP contribution in [-0.2, 0) is 14.6 Å². The third-order valence-electron chi connectivity index (χ3n) is 6.46. The van der Waals surface area contributed by atoms with Gasteiger partial charge in [-0.2, -0.15) is 0 Å². The van der Waals surface area contributed by atoms with Crippen LogP contribution in [0.5, 0.6) is 5.75 Å². The Morgan fingerprint density at radius 1 is 0.977 bits per heavy atom. The summed E-state index contributed by atoms with van der Waals surface area (Å²) in [6, 6.07) is 10.1. The van der Waals surface area contributed by atoms with E-state index in [9.17, 15) is 27.2 Å². The number of nitrogens with zero attached hydrogens (tertiary/aromatic N) is 2. The Morgan fingerprint density at radius 3 is 2.27 bits per heavy atom. The number of piperidine rings is 1. The molecule has 3 aromatic rings.